The van der Waals surface area contributed by atoms with Gasteiger partial charge in [0.2, 0.25) is 5.95 Å². The Morgan fingerprint density at radius 1 is 1.03 bits per heavy atom. The summed E-state index contributed by atoms with van der Waals surface area (Å²) in [6.07, 6.45) is 7.32. The molecule has 0 atom stereocenters. The van der Waals surface area contributed by atoms with Gasteiger partial charge in [0, 0.05) is 42.3 Å². The molecule has 0 unspecified atom stereocenters. The van der Waals surface area contributed by atoms with Crippen molar-refractivity contribution in [2.24, 2.45) is 0 Å². The second kappa shape index (κ2) is 10.3. The lowest BCUT2D eigenvalue weighted by Gasteiger charge is -2.13. The Morgan fingerprint density at radius 3 is 2.58 bits per heavy atom. The highest BCUT2D eigenvalue weighted by Crippen LogP contribution is 2.34. The molecule has 0 aliphatic heterocycles. The van der Waals surface area contributed by atoms with E-state index in [1.54, 1.807) is 42.9 Å². The average Bonchev–Trinajstić information content (AvgIpc) is 3.36. The lowest BCUT2D eigenvalue weighted by Crippen LogP contribution is -2.17. The van der Waals surface area contributed by atoms with Crippen molar-refractivity contribution in [1.29, 1.82) is 5.41 Å². The number of H-pyrrole nitrogens is 1. The highest BCUT2D eigenvalue weighted by Gasteiger charge is 2.16. The number of hydrogen-bond acceptors (Lipinski definition) is 8. The number of aromatic amines is 1. The number of hydrogen-bond donors (Lipinski definition) is 5. The molecule has 5 N–H and O–H groups in total. The summed E-state index contributed by atoms with van der Waals surface area (Å²) in [5, 5.41) is 24.5. The molecule has 1 aromatic carbocycles. The molecule has 0 radical (unpaired) electrons. The van der Waals surface area contributed by atoms with Crippen LogP contribution in [-0.2, 0) is 0 Å². The Labute approximate surface area is 199 Å². The second-order valence-electron chi connectivity index (χ2n) is 6.75. The molecule has 33 heavy (non-hydrogen) atoms. The number of anilines is 3. The molecule has 0 aliphatic carbocycles. The summed E-state index contributed by atoms with van der Waals surface area (Å²) in [6.45, 7) is 1.06. The molecule has 12 heteroatoms. The molecule has 168 valence electrons. The van der Waals surface area contributed by atoms with Crippen molar-refractivity contribution < 1.29 is 5.21 Å². The Kier molecular flexibility index (Phi) is 6.98. The van der Waals surface area contributed by atoms with Crippen LogP contribution in [-0.4, -0.2) is 49.6 Å². The van der Waals surface area contributed by atoms with Gasteiger partial charge in [-0.2, -0.15) is 0 Å². The third-order valence-electron chi connectivity index (χ3n) is 4.58. The molecule has 0 amide bonds. The summed E-state index contributed by atoms with van der Waals surface area (Å²) < 4.78 is 0. The number of aromatic nitrogens is 5. The molecule has 0 fully saturated rings. The quantitative estimate of drug-likeness (QED) is 0.101. The van der Waals surface area contributed by atoms with Gasteiger partial charge in [-0.3, -0.25) is 10.6 Å². The van der Waals surface area contributed by atoms with Gasteiger partial charge < -0.3 is 15.6 Å². The molecule has 3 heterocycles. The molecule has 0 aliphatic rings. The highest BCUT2D eigenvalue weighted by atomic mass is 35.5. The van der Waals surface area contributed by atoms with E-state index in [2.05, 4.69) is 35.6 Å². The van der Waals surface area contributed by atoms with Crippen molar-refractivity contribution in [2.45, 2.75) is 0 Å². The number of rotatable bonds is 9. The maximum absolute atomic E-state index is 9.46. The van der Waals surface area contributed by atoms with Crippen molar-refractivity contribution >= 4 is 47.0 Å². The summed E-state index contributed by atoms with van der Waals surface area (Å²) in [5.41, 5.74) is 2.43. The first-order valence-electron chi connectivity index (χ1n) is 9.80. The minimum Gasteiger partial charge on any atom is -0.368 e. The molecule has 0 saturated carbocycles. The number of halogens is 2. The molecular formula is C21H19Cl2N9O. The summed E-state index contributed by atoms with van der Waals surface area (Å²) in [4.78, 5) is 20.6. The summed E-state index contributed by atoms with van der Waals surface area (Å²) >= 11 is 12.5. The molecule has 4 rings (SSSR count). The second-order valence-corrected chi connectivity index (χ2v) is 7.59. The van der Waals surface area contributed by atoms with Gasteiger partial charge in [-0.25, -0.2) is 25.0 Å². The third kappa shape index (κ3) is 5.37. The first-order valence-corrected chi connectivity index (χ1v) is 10.6. The Hall–Kier alpha value is -3.73. The van der Waals surface area contributed by atoms with Gasteiger partial charge in [0.25, 0.3) is 0 Å². The Bertz CT molecular complexity index is 1230. The van der Waals surface area contributed by atoms with E-state index in [-0.39, 0.29) is 0 Å². The van der Waals surface area contributed by atoms with E-state index in [1.807, 2.05) is 6.07 Å². The maximum Gasteiger partial charge on any atom is 0.223 e. The van der Waals surface area contributed by atoms with Crippen molar-refractivity contribution in [2.75, 3.05) is 28.8 Å². The monoisotopic (exact) mass is 483 g/mol. The molecule has 10 nitrogen and oxygen atoms in total. The topological polar surface area (TPSA) is 139 Å². The van der Waals surface area contributed by atoms with E-state index in [4.69, 9.17) is 28.6 Å². The van der Waals surface area contributed by atoms with E-state index in [9.17, 15) is 5.21 Å². The average molecular weight is 484 g/mol. The van der Waals surface area contributed by atoms with Crippen LogP contribution < -0.4 is 15.7 Å². The molecule has 3 aromatic heterocycles. The van der Waals surface area contributed by atoms with Gasteiger partial charge in [0.05, 0.1) is 28.2 Å². The predicted octanol–water partition coefficient (Wildman–Crippen LogP) is 4.56. The van der Waals surface area contributed by atoms with Crippen LogP contribution in [0.2, 0.25) is 10.0 Å². The minimum atomic E-state index is 0.395. The van der Waals surface area contributed by atoms with E-state index < -0.39 is 0 Å². The smallest absolute Gasteiger partial charge is 0.223 e. The number of benzene rings is 1. The minimum absolute atomic E-state index is 0.395. The largest absolute Gasteiger partial charge is 0.368 e. The van der Waals surface area contributed by atoms with Crippen LogP contribution in [0.4, 0.5) is 17.5 Å². The zero-order chi connectivity index (χ0) is 23.2. The Balaban J connectivity index is 1.47. The number of hydroxylamine groups is 1. The summed E-state index contributed by atoms with van der Waals surface area (Å²) in [7, 11) is 0. The summed E-state index contributed by atoms with van der Waals surface area (Å²) in [6, 6.07) is 8.58. The highest BCUT2D eigenvalue weighted by molar-refractivity contribution is 6.36. The molecular weight excluding hydrogens is 465 g/mol. The van der Waals surface area contributed by atoms with Gasteiger partial charge >= 0.3 is 0 Å². The lowest BCUT2D eigenvalue weighted by atomic mass is 10.1. The van der Waals surface area contributed by atoms with E-state index in [1.165, 1.54) is 6.20 Å². The molecule has 0 bridgehead atoms. The van der Waals surface area contributed by atoms with E-state index in [0.29, 0.717) is 68.3 Å². The van der Waals surface area contributed by atoms with Crippen LogP contribution >= 0.6 is 23.2 Å². The SMILES string of the molecule is N=CN(O)c1ccc(NCCNc2ncc(-c3ncc[nH]3)c(-c3ccc(Cl)cc3Cl)n2)nc1. The van der Waals surface area contributed by atoms with Gasteiger partial charge in [-0.05, 0) is 30.3 Å². The van der Waals surface area contributed by atoms with Crippen molar-refractivity contribution in [3.63, 3.8) is 0 Å². The van der Waals surface area contributed by atoms with Gasteiger partial charge in [-0.15, -0.1) is 0 Å². The fourth-order valence-electron chi connectivity index (χ4n) is 3.01. The van der Waals surface area contributed by atoms with Crippen molar-refractivity contribution in [1.82, 2.24) is 24.9 Å². The zero-order valence-electron chi connectivity index (χ0n) is 17.1. The first kappa shape index (κ1) is 22.5. The maximum atomic E-state index is 9.46. The fourth-order valence-corrected chi connectivity index (χ4v) is 3.50. The van der Waals surface area contributed by atoms with E-state index >= 15 is 0 Å². The number of nitrogens with zero attached hydrogens (tertiary/aromatic N) is 5. The zero-order valence-corrected chi connectivity index (χ0v) is 18.6. The molecule has 4 aromatic rings. The van der Waals surface area contributed by atoms with Crippen LogP contribution in [0.5, 0.6) is 0 Å². The van der Waals surface area contributed by atoms with E-state index in [0.717, 1.165) is 6.34 Å². The van der Waals surface area contributed by atoms with Crippen LogP contribution in [0, 0.1) is 5.41 Å². The normalized spacial score (nSPS) is 10.6. The number of nitrogens with one attached hydrogen (secondary N) is 4. The van der Waals surface area contributed by atoms with Crippen LogP contribution in [0.15, 0.2) is 55.1 Å². The van der Waals surface area contributed by atoms with Crippen LogP contribution in [0.3, 0.4) is 0 Å². The van der Waals surface area contributed by atoms with Gasteiger partial charge in [0.1, 0.15) is 18.0 Å². The fraction of sp³-hybridized carbons (Fsp3) is 0.0952. The number of pyridine rings is 1. The molecule has 0 spiro atoms. The van der Waals surface area contributed by atoms with Crippen LogP contribution in [0.1, 0.15) is 0 Å². The van der Waals surface area contributed by atoms with Crippen LogP contribution in [0.25, 0.3) is 22.6 Å². The number of imidazole rings is 1. The third-order valence-corrected chi connectivity index (χ3v) is 5.13. The van der Waals surface area contributed by atoms with Gasteiger partial charge in [0.15, 0.2) is 0 Å². The van der Waals surface area contributed by atoms with Crippen molar-refractivity contribution in [3.05, 3.63) is 65.2 Å². The first-order chi connectivity index (χ1) is 16.0. The van der Waals surface area contributed by atoms with Gasteiger partial charge in [-0.1, -0.05) is 23.2 Å². The predicted molar refractivity (Wildman–Crippen MR) is 129 cm³/mol. The van der Waals surface area contributed by atoms with Crippen molar-refractivity contribution in [3.8, 4) is 22.6 Å². The molecule has 0 saturated heterocycles. The lowest BCUT2D eigenvalue weighted by molar-refractivity contribution is 0.316. The Morgan fingerprint density at radius 2 is 1.88 bits per heavy atom. The standard InChI is InChI=1S/C21H19Cl2N9O/c22-13-1-3-15(17(23)9-13)19-16(20-26-6-7-27-20)11-30-21(31-19)28-8-5-25-18-4-2-14(10-29-18)32(33)12-24/h1-4,6-7,9-12,24,33H,5,8H2,(H,25,29)(H,26,27)(H,28,30,31). The summed E-state index contributed by atoms with van der Waals surface area (Å²) in [5.74, 6) is 1.68.